The van der Waals surface area contributed by atoms with Gasteiger partial charge in [0.2, 0.25) is 4.77 Å². The van der Waals surface area contributed by atoms with Crippen molar-refractivity contribution in [1.29, 1.82) is 0 Å². The molecule has 0 amide bonds. The number of fused-ring (bicyclic) bond motifs is 1. The first-order chi connectivity index (χ1) is 16.5. The van der Waals surface area contributed by atoms with Crippen LogP contribution in [0, 0.1) is 4.77 Å². The molecule has 6 nitrogen and oxygen atoms in total. The summed E-state index contributed by atoms with van der Waals surface area (Å²) in [5.74, 6) is 1.37. The third-order valence-corrected chi connectivity index (χ3v) is 6.54. The van der Waals surface area contributed by atoms with Crippen molar-refractivity contribution < 1.29 is 4.74 Å². The molecule has 2 heterocycles. The molecular weight excluding hydrogens is 489 g/mol. The predicted molar refractivity (Wildman–Crippen MR) is 140 cm³/mol. The summed E-state index contributed by atoms with van der Waals surface area (Å²) in [7, 11) is 1.64. The van der Waals surface area contributed by atoms with Gasteiger partial charge in [-0.2, -0.15) is 5.10 Å². The average molecular weight is 510 g/mol. The second-order valence-corrected chi connectivity index (χ2v) is 8.99. The summed E-state index contributed by atoms with van der Waals surface area (Å²) in [6.45, 7) is 1.17. The van der Waals surface area contributed by atoms with Crippen molar-refractivity contribution in [3.05, 3.63) is 98.9 Å². The molecule has 0 atom stereocenters. The number of nitrogens with zero attached hydrogens (tertiary/aromatic N) is 3. The number of methoxy groups -OCH3 is 1. The molecule has 0 aliphatic heterocycles. The van der Waals surface area contributed by atoms with Gasteiger partial charge < -0.3 is 14.7 Å². The molecule has 3 aromatic carbocycles. The van der Waals surface area contributed by atoms with E-state index in [0.717, 1.165) is 33.3 Å². The van der Waals surface area contributed by atoms with Gasteiger partial charge in [0.1, 0.15) is 5.75 Å². The summed E-state index contributed by atoms with van der Waals surface area (Å²) in [4.78, 5) is 0. The molecule has 0 fully saturated rings. The number of aromatic amines is 1. The number of rotatable bonds is 7. The lowest BCUT2D eigenvalue weighted by Crippen LogP contribution is -2.16. The number of aromatic nitrogens is 4. The van der Waals surface area contributed by atoms with Gasteiger partial charge in [-0.05, 0) is 53.7 Å². The maximum absolute atomic E-state index is 6.44. The van der Waals surface area contributed by atoms with Crippen LogP contribution in [0.1, 0.15) is 11.1 Å². The Bertz CT molecular complexity index is 1540. The monoisotopic (exact) mass is 509 g/mol. The lowest BCUT2D eigenvalue weighted by molar-refractivity contribution is 0.416. The van der Waals surface area contributed by atoms with E-state index in [1.54, 1.807) is 17.9 Å². The first-order valence-electron chi connectivity index (χ1n) is 10.6. The Balaban J connectivity index is 1.47. The Labute approximate surface area is 211 Å². The van der Waals surface area contributed by atoms with Crippen LogP contribution in [0.4, 0.5) is 0 Å². The first kappa shape index (κ1) is 22.5. The molecule has 5 aromatic rings. The number of halogens is 2. The molecule has 0 unspecified atom stereocenters. The standard InChI is InChI=1S/C25H21Cl2N5OS/c1-33-23-9-5-3-7-20(23)24-29-30-25(34)32(24)28-13-17-15-31(22-8-4-2-6-19(17)22)14-16-10-11-18(26)12-21(16)27/h2-12,15,28H,13-14H2,1H3,(H,30,34). The largest absolute Gasteiger partial charge is 0.496 e. The fourth-order valence-electron chi connectivity index (χ4n) is 4.05. The summed E-state index contributed by atoms with van der Waals surface area (Å²) >= 11 is 18.0. The van der Waals surface area contributed by atoms with Gasteiger partial charge in [-0.25, -0.2) is 9.77 Å². The highest BCUT2D eigenvalue weighted by Gasteiger charge is 2.15. The minimum atomic E-state index is 0.470. The van der Waals surface area contributed by atoms with Gasteiger partial charge >= 0.3 is 0 Å². The van der Waals surface area contributed by atoms with Crippen molar-refractivity contribution >= 4 is 46.3 Å². The van der Waals surface area contributed by atoms with Gasteiger partial charge in [0.05, 0.1) is 19.2 Å². The molecule has 0 saturated heterocycles. The molecule has 0 spiro atoms. The number of hydrogen-bond acceptors (Lipinski definition) is 4. The molecule has 2 N–H and O–H groups in total. The first-order valence-corrected chi connectivity index (χ1v) is 11.8. The Kier molecular flexibility index (Phi) is 6.32. The summed E-state index contributed by atoms with van der Waals surface area (Å²) in [6.07, 6.45) is 2.13. The van der Waals surface area contributed by atoms with Gasteiger partial charge in [-0.1, -0.05) is 59.6 Å². The van der Waals surface area contributed by atoms with Gasteiger partial charge in [0.15, 0.2) is 5.82 Å². The van der Waals surface area contributed by atoms with E-state index in [1.165, 1.54) is 0 Å². The van der Waals surface area contributed by atoms with Crippen LogP contribution in [-0.2, 0) is 13.1 Å². The Hall–Kier alpha value is -3.26. The SMILES string of the molecule is COc1ccccc1-c1n[nH]c(=S)n1NCc1cn(Cc2ccc(Cl)cc2Cl)c2ccccc12. The topological polar surface area (TPSA) is 59.8 Å². The molecular formula is C25H21Cl2N5OS. The minimum Gasteiger partial charge on any atom is -0.496 e. The lowest BCUT2D eigenvalue weighted by atomic mass is 10.2. The average Bonchev–Trinajstić information content (AvgIpc) is 3.39. The van der Waals surface area contributed by atoms with E-state index < -0.39 is 0 Å². The lowest BCUT2D eigenvalue weighted by Gasteiger charge is -2.12. The maximum atomic E-state index is 6.44. The molecule has 172 valence electrons. The molecule has 0 bridgehead atoms. The Morgan fingerprint density at radius 3 is 2.65 bits per heavy atom. The predicted octanol–water partition coefficient (Wildman–Crippen LogP) is 6.67. The smallest absolute Gasteiger partial charge is 0.214 e. The van der Waals surface area contributed by atoms with Crippen LogP contribution in [0.2, 0.25) is 10.0 Å². The third-order valence-electron chi connectivity index (χ3n) is 5.67. The zero-order valence-corrected chi connectivity index (χ0v) is 20.6. The fraction of sp³-hybridized carbons (Fsp3) is 0.120. The zero-order valence-electron chi connectivity index (χ0n) is 18.3. The second kappa shape index (κ2) is 9.54. The zero-order chi connectivity index (χ0) is 23.7. The van der Waals surface area contributed by atoms with Crippen LogP contribution in [0.3, 0.4) is 0 Å². The van der Waals surface area contributed by atoms with E-state index in [4.69, 9.17) is 40.2 Å². The van der Waals surface area contributed by atoms with E-state index in [1.807, 2.05) is 48.5 Å². The van der Waals surface area contributed by atoms with Crippen LogP contribution >= 0.6 is 35.4 Å². The van der Waals surface area contributed by atoms with Crippen LogP contribution in [0.25, 0.3) is 22.3 Å². The number of nitrogens with one attached hydrogen (secondary N) is 2. The van der Waals surface area contributed by atoms with Crippen LogP contribution < -0.4 is 10.2 Å². The molecule has 0 aliphatic rings. The van der Waals surface area contributed by atoms with E-state index in [0.29, 0.717) is 33.7 Å². The van der Waals surface area contributed by atoms with Crippen molar-refractivity contribution in [2.75, 3.05) is 12.5 Å². The highest BCUT2D eigenvalue weighted by Crippen LogP contribution is 2.29. The molecule has 0 radical (unpaired) electrons. The van der Waals surface area contributed by atoms with Crippen LogP contribution in [0.15, 0.2) is 72.9 Å². The molecule has 0 saturated carbocycles. The highest BCUT2D eigenvalue weighted by molar-refractivity contribution is 7.71. The summed E-state index contributed by atoms with van der Waals surface area (Å²) in [5, 5.41) is 9.72. The van der Waals surface area contributed by atoms with Crippen molar-refractivity contribution in [3.63, 3.8) is 0 Å². The fourth-order valence-corrected chi connectivity index (χ4v) is 4.71. The van der Waals surface area contributed by atoms with Gasteiger partial charge in [-0.3, -0.25) is 0 Å². The second-order valence-electron chi connectivity index (χ2n) is 7.76. The van der Waals surface area contributed by atoms with Crippen molar-refractivity contribution in [2.45, 2.75) is 13.1 Å². The third kappa shape index (κ3) is 4.30. The normalized spacial score (nSPS) is 11.1. The summed E-state index contributed by atoms with van der Waals surface area (Å²) in [5.41, 5.74) is 7.50. The molecule has 34 heavy (non-hydrogen) atoms. The Morgan fingerprint density at radius 1 is 1.03 bits per heavy atom. The van der Waals surface area contributed by atoms with Gasteiger partial charge in [0, 0.05) is 33.7 Å². The van der Waals surface area contributed by atoms with E-state index in [9.17, 15) is 0 Å². The van der Waals surface area contributed by atoms with Gasteiger partial charge in [0.25, 0.3) is 0 Å². The molecule has 0 aliphatic carbocycles. The Morgan fingerprint density at radius 2 is 1.82 bits per heavy atom. The minimum absolute atomic E-state index is 0.470. The van der Waals surface area contributed by atoms with E-state index in [2.05, 4.69) is 38.5 Å². The van der Waals surface area contributed by atoms with Crippen molar-refractivity contribution in [3.8, 4) is 17.1 Å². The van der Waals surface area contributed by atoms with Crippen molar-refractivity contribution in [2.24, 2.45) is 0 Å². The number of ether oxygens (including phenoxy) is 1. The van der Waals surface area contributed by atoms with Crippen molar-refractivity contribution in [1.82, 2.24) is 19.4 Å². The van der Waals surface area contributed by atoms with Crippen LogP contribution in [-0.4, -0.2) is 26.6 Å². The number of hydrogen-bond donors (Lipinski definition) is 2. The van der Waals surface area contributed by atoms with E-state index >= 15 is 0 Å². The van der Waals surface area contributed by atoms with Gasteiger partial charge in [-0.15, -0.1) is 0 Å². The molecule has 2 aromatic heterocycles. The molecule has 9 heteroatoms. The number of H-pyrrole nitrogens is 1. The summed E-state index contributed by atoms with van der Waals surface area (Å²) in [6, 6.07) is 21.6. The maximum Gasteiger partial charge on any atom is 0.214 e. The number of para-hydroxylation sites is 2. The summed E-state index contributed by atoms with van der Waals surface area (Å²) < 4.78 is 9.94. The molecule has 5 rings (SSSR count). The quantitative estimate of drug-likeness (QED) is 0.240. The highest BCUT2D eigenvalue weighted by atomic mass is 35.5. The van der Waals surface area contributed by atoms with E-state index in [-0.39, 0.29) is 0 Å². The van der Waals surface area contributed by atoms with Crippen LogP contribution in [0.5, 0.6) is 5.75 Å². The number of benzene rings is 3.